The lowest BCUT2D eigenvalue weighted by Gasteiger charge is -2.25. The maximum atomic E-state index is 12.2. The molecular weight excluding hydrogens is 336 g/mol. The summed E-state index contributed by atoms with van der Waals surface area (Å²) in [6.45, 7) is 1.35. The van der Waals surface area contributed by atoms with Crippen molar-refractivity contribution in [1.29, 1.82) is 0 Å². The monoisotopic (exact) mass is 350 g/mol. The summed E-state index contributed by atoms with van der Waals surface area (Å²) in [4.78, 5) is 13.4. The van der Waals surface area contributed by atoms with Crippen molar-refractivity contribution in [2.45, 2.75) is 25.6 Å². The topological polar surface area (TPSA) is 41.1 Å². The number of hydrogen-bond donors (Lipinski definition) is 2. The summed E-state index contributed by atoms with van der Waals surface area (Å²) in [6.07, 6.45) is 0.760. The molecule has 0 radical (unpaired) electrons. The highest BCUT2D eigenvalue weighted by Crippen LogP contribution is 2.22. The van der Waals surface area contributed by atoms with Crippen molar-refractivity contribution in [1.82, 2.24) is 10.6 Å². The Bertz CT molecular complexity index is 626. The van der Waals surface area contributed by atoms with E-state index in [4.69, 9.17) is 0 Å². The number of benzene rings is 1. The molecule has 1 aliphatic rings. The predicted octanol–water partition coefficient (Wildman–Crippen LogP) is 2.84. The van der Waals surface area contributed by atoms with E-state index in [-0.39, 0.29) is 11.9 Å². The Morgan fingerprint density at radius 1 is 1.30 bits per heavy atom. The molecule has 0 bridgehead atoms. The first kappa shape index (κ1) is 13.8. The fourth-order valence-electron chi connectivity index (χ4n) is 2.38. The van der Waals surface area contributed by atoms with Crippen LogP contribution in [-0.2, 0) is 24.3 Å². The molecule has 2 aromatic rings. The normalized spacial score (nSPS) is 17.6. The maximum Gasteiger partial charge on any atom is 0.237 e. The summed E-state index contributed by atoms with van der Waals surface area (Å²) in [7, 11) is 0. The zero-order valence-corrected chi connectivity index (χ0v) is 13.3. The summed E-state index contributed by atoms with van der Waals surface area (Å²) in [5.41, 5.74) is 2.56. The van der Waals surface area contributed by atoms with Gasteiger partial charge in [-0.2, -0.15) is 0 Å². The molecule has 2 N–H and O–H groups in total. The molecule has 1 aliphatic heterocycles. The van der Waals surface area contributed by atoms with Crippen molar-refractivity contribution in [3.63, 3.8) is 0 Å². The number of nitrogens with one attached hydrogen (secondary N) is 2. The SMILES string of the molecule is O=C(NCc1ccc(Br)s1)[C@H]1Cc2ccccc2CN1. The smallest absolute Gasteiger partial charge is 0.237 e. The number of hydrogen-bond acceptors (Lipinski definition) is 3. The minimum absolute atomic E-state index is 0.0732. The largest absolute Gasteiger partial charge is 0.350 e. The molecule has 1 aromatic carbocycles. The van der Waals surface area contributed by atoms with E-state index in [1.807, 2.05) is 24.3 Å². The van der Waals surface area contributed by atoms with Gasteiger partial charge in [0, 0.05) is 11.4 Å². The molecule has 2 heterocycles. The summed E-state index contributed by atoms with van der Waals surface area (Å²) >= 11 is 5.07. The zero-order valence-electron chi connectivity index (χ0n) is 10.9. The fraction of sp³-hybridized carbons (Fsp3) is 0.267. The van der Waals surface area contributed by atoms with Gasteiger partial charge in [-0.05, 0) is 45.6 Å². The molecular formula is C15H15BrN2OS. The Labute approximate surface area is 130 Å². The van der Waals surface area contributed by atoms with Crippen LogP contribution in [0, 0.1) is 0 Å². The molecule has 1 amide bonds. The van der Waals surface area contributed by atoms with Gasteiger partial charge in [-0.3, -0.25) is 4.79 Å². The van der Waals surface area contributed by atoms with Gasteiger partial charge in [0.2, 0.25) is 5.91 Å². The Morgan fingerprint density at radius 2 is 2.10 bits per heavy atom. The quantitative estimate of drug-likeness (QED) is 0.893. The summed E-state index contributed by atoms with van der Waals surface area (Å²) in [6, 6.07) is 12.2. The molecule has 1 aromatic heterocycles. The van der Waals surface area contributed by atoms with Crippen LogP contribution in [0.15, 0.2) is 40.2 Å². The second-order valence-electron chi connectivity index (χ2n) is 4.83. The van der Waals surface area contributed by atoms with E-state index >= 15 is 0 Å². The van der Waals surface area contributed by atoms with Crippen molar-refractivity contribution < 1.29 is 4.79 Å². The van der Waals surface area contributed by atoms with Crippen LogP contribution in [0.1, 0.15) is 16.0 Å². The number of amides is 1. The highest BCUT2D eigenvalue weighted by Gasteiger charge is 2.23. The fourth-order valence-corrected chi connectivity index (χ4v) is 3.81. The van der Waals surface area contributed by atoms with Gasteiger partial charge >= 0.3 is 0 Å². The second kappa shape index (κ2) is 6.08. The molecule has 0 spiro atoms. The number of rotatable bonds is 3. The summed E-state index contributed by atoms with van der Waals surface area (Å²) in [5, 5.41) is 6.30. The van der Waals surface area contributed by atoms with Crippen molar-refractivity contribution >= 4 is 33.2 Å². The van der Waals surface area contributed by atoms with Crippen LogP contribution in [0.25, 0.3) is 0 Å². The summed E-state index contributed by atoms with van der Waals surface area (Å²) < 4.78 is 1.09. The van der Waals surface area contributed by atoms with E-state index in [1.54, 1.807) is 11.3 Å². The van der Waals surface area contributed by atoms with Gasteiger partial charge in [-0.15, -0.1) is 11.3 Å². The molecule has 0 fully saturated rings. The number of carbonyl (C=O) groups is 1. The minimum atomic E-state index is -0.131. The Hall–Kier alpha value is -1.17. The molecule has 0 saturated carbocycles. The average molecular weight is 351 g/mol. The van der Waals surface area contributed by atoms with E-state index in [9.17, 15) is 4.79 Å². The lowest BCUT2D eigenvalue weighted by molar-refractivity contribution is -0.123. The molecule has 3 rings (SSSR count). The molecule has 20 heavy (non-hydrogen) atoms. The number of halogens is 1. The van der Waals surface area contributed by atoms with Crippen LogP contribution in [0.4, 0.5) is 0 Å². The second-order valence-corrected chi connectivity index (χ2v) is 7.38. The van der Waals surface area contributed by atoms with Crippen LogP contribution < -0.4 is 10.6 Å². The number of fused-ring (bicyclic) bond motifs is 1. The lowest BCUT2D eigenvalue weighted by Crippen LogP contribution is -2.47. The Balaban J connectivity index is 1.59. The highest BCUT2D eigenvalue weighted by molar-refractivity contribution is 9.11. The Morgan fingerprint density at radius 3 is 2.85 bits per heavy atom. The van der Waals surface area contributed by atoms with Crippen molar-refractivity contribution in [3.8, 4) is 0 Å². The van der Waals surface area contributed by atoms with E-state index < -0.39 is 0 Å². The van der Waals surface area contributed by atoms with Gasteiger partial charge in [-0.1, -0.05) is 24.3 Å². The molecule has 104 valence electrons. The van der Waals surface area contributed by atoms with Gasteiger partial charge in [-0.25, -0.2) is 0 Å². The van der Waals surface area contributed by atoms with Crippen LogP contribution in [0.5, 0.6) is 0 Å². The van der Waals surface area contributed by atoms with E-state index in [0.29, 0.717) is 6.54 Å². The van der Waals surface area contributed by atoms with Crippen LogP contribution in [0.2, 0.25) is 0 Å². The number of carbonyl (C=O) groups excluding carboxylic acids is 1. The van der Waals surface area contributed by atoms with Gasteiger partial charge < -0.3 is 10.6 Å². The first-order valence-corrected chi connectivity index (χ1v) is 8.15. The van der Waals surface area contributed by atoms with Gasteiger partial charge in [0.25, 0.3) is 0 Å². The predicted molar refractivity (Wildman–Crippen MR) is 84.6 cm³/mol. The Kier molecular flexibility index (Phi) is 4.19. The van der Waals surface area contributed by atoms with Gasteiger partial charge in [0.15, 0.2) is 0 Å². The number of thiophene rings is 1. The standard InChI is InChI=1S/C15H15BrN2OS/c16-14-6-5-12(20-14)9-18-15(19)13-7-10-3-1-2-4-11(10)8-17-13/h1-6,13,17H,7-9H2,(H,18,19)/t13-/m1/s1. The lowest BCUT2D eigenvalue weighted by atomic mass is 9.95. The minimum Gasteiger partial charge on any atom is -0.350 e. The molecule has 5 heteroatoms. The van der Waals surface area contributed by atoms with E-state index in [2.05, 4.69) is 38.7 Å². The first-order chi connectivity index (χ1) is 9.72. The molecule has 0 saturated heterocycles. The van der Waals surface area contributed by atoms with Crippen molar-refractivity contribution in [3.05, 3.63) is 56.2 Å². The summed E-state index contributed by atoms with van der Waals surface area (Å²) in [5.74, 6) is 0.0732. The van der Waals surface area contributed by atoms with E-state index in [1.165, 1.54) is 11.1 Å². The van der Waals surface area contributed by atoms with E-state index in [0.717, 1.165) is 21.6 Å². The van der Waals surface area contributed by atoms with Gasteiger partial charge in [0.05, 0.1) is 16.4 Å². The third-order valence-corrected chi connectivity index (χ3v) is 5.09. The first-order valence-electron chi connectivity index (χ1n) is 6.54. The highest BCUT2D eigenvalue weighted by atomic mass is 79.9. The van der Waals surface area contributed by atoms with Crippen LogP contribution in [-0.4, -0.2) is 11.9 Å². The van der Waals surface area contributed by atoms with Crippen LogP contribution >= 0.6 is 27.3 Å². The molecule has 1 atom stereocenters. The third-order valence-electron chi connectivity index (χ3n) is 3.46. The van der Waals surface area contributed by atoms with Crippen molar-refractivity contribution in [2.24, 2.45) is 0 Å². The van der Waals surface area contributed by atoms with Crippen LogP contribution in [0.3, 0.4) is 0 Å². The zero-order chi connectivity index (χ0) is 13.9. The maximum absolute atomic E-state index is 12.2. The third kappa shape index (κ3) is 3.11. The van der Waals surface area contributed by atoms with Gasteiger partial charge in [0.1, 0.15) is 0 Å². The van der Waals surface area contributed by atoms with Crippen molar-refractivity contribution in [2.75, 3.05) is 0 Å². The average Bonchev–Trinajstić information content (AvgIpc) is 2.90. The molecule has 0 aliphatic carbocycles. The molecule has 3 nitrogen and oxygen atoms in total. The molecule has 0 unspecified atom stereocenters.